The van der Waals surface area contributed by atoms with Crippen LogP contribution in [-0.4, -0.2) is 44.6 Å². The molecule has 0 saturated carbocycles. The lowest BCUT2D eigenvalue weighted by Gasteiger charge is -2.03. The number of nitrogens with zero attached hydrogens (tertiary/aromatic N) is 3. The van der Waals surface area contributed by atoms with E-state index in [1.807, 2.05) is 12.1 Å². The highest BCUT2D eigenvalue weighted by molar-refractivity contribution is 7.13. The minimum absolute atomic E-state index is 0.0269. The Hall–Kier alpha value is -4.31. The Bertz CT molecular complexity index is 1390. The molecule has 4 rings (SSSR count). The number of carboxylic acid groups (broad SMARTS) is 1. The minimum Gasteiger partial charge on any atom is -0.478 e. The van der Waals surface area contributed by atoms with Gasteiger partial charge >= 0.3 is 11.9 Å². The Morgan fingerprint density at radius 2 is 1.97 bits per heavy atom. The van der Waals surface area contributed by atoms with Gasteiger partial charge in [0.15, 0.2) is 5.69 Å². The Morgan fingerprint density at radius 3 is 2.64 bits per heavy atom. The predicted molar refractivity (Wildman–Crippen MR) is 124 cm³/mol. The van der Waals surface area contributed by atoms with Crippen LogP contribution in [0, 0.1) is 0 Å². The first-order chi connectivity index (χ1) is 16.0. The van der Waals surface area contributed by atoms with Gasteiger partial charge in [-0.3, -0.25) is 19.9 Å². The normalized spacial score (nSPS) is 11.1. The highest BCUT2D eigenvalue weighted by Crippen LogP contribution is 2.24. The molecular formula is C23H18N4O5S. The molecule has 0 aliphatic carbocycles. The Labute approximate surface area is 191 Å². The van der Waals surface area contributed by atoms with E-state index in [0.717, 1.165) is 10.4 Å². The van der Waals surface area contributed by atoms with Crippen LogP contribution in [0.4, 0.5) is 5.69 Å². The zero-order chi connectivity index (χ0) is 23.4. The minimum atomic E-state index is -1.15. The van der Waals surface area contributed by atoms with Crippen LogP contribution in [0.15, 0.2) is 70.0 Å². The number of thiazole rings is 1. The van der Waals surface area contributed by atoms with E-state index in [2.05, 4.69) is 15.1 Å². The van der Waals surface area contributed by atoms with Crippen molar-refractivity contribution in [2.24, 2.45) is 4.99 Å². The molecule has 0 aliphatic heterocycles. The zero-order valence-corrected chi connectivity index (χ0v) is 18.2. The van der Waals surface area contributed by atoms with Crippen molar-refractivity contribution in [1.29, 1.82) is 0 Å². The molecule has 0 bridgehead atoms. The second-order valence-corrected chi connectivity index (χ2v) is 7.64. The van der Waals surface area contributed by atoms with Crippen LogP contribution in [-0.2, 0) is 4.74 Å². The van der Waals surface area contributed by atoms with E-state index >= 15 is 0 Å². The molecule has 2 aromatic heterocycles. The number of esters is 1. The second kappa shape index (κ2) is 9.45. The van der Waals surface area contributed by atoms with Crippen molar-refractivity contribution in [2.75, 3.05) is 6.61 Å². The number of ether oxygens (including phenoxy) is 1. The van der Waals surface area contributed by atoms with Crippen molar-refractivity contribution in [3.05, 3.63) is 87.4 Å². The van der Waals surface area contributed by atoms with E-state index in [0.29, 0.717) is 5.69 Å². The fourth-order valence-corrected chi connectivity index (χ4v) is 3.77. The lowest BCUT2D eigenvalue weighted by atomic mass is 10.2. The third-order valence-corrected chi connectivity index (χ3v) is 5.54. The Balaban J connectivity index is 1.77. The van der Waals surface area contributed by atoms with Crippen LogP contribution in [0.3, 0.4) is 0 Å². The van der Waals surface area contributed by atoms with Crippen molar-refractivity contribution >= 4 is 35.2 Å². The van der Waals surface area contributed by atoms with E-state index in [9.17, 15) is 19.5 Å². The molecule has 0 amide bonds. The molecule has 10 heteroatoms. The number of hydrogen-bond acceptors (Lipinski definition) is 7. The number of carboxylic acids is 1. The first kappa shape index (κ1) is 21.9. The maximum Gasteiger partial charge on any atom is 0.357 e. The van der Waals surface area contributed by atoms with Gasteiger partial charge in [0.25, 0.3) is 5.56 Å². The smallest absolute Gasteiger partial charge is 0.357 e. The van der Waals surface area contributed by atoms with E-state index in [1.54, 1.807) is 42.9 Å². The van der Waals surface area contributed by atoms with Crippen LogP contribution in [0.1, 0.15) is 33.3 Å². The summed E-state index contributed by atoms with van der Waals surface area (Å²) in [7, 11) is 0. The van der Waals surface area contributed by atoms with E-state index in [1.165, 1.54) is 34.4 Å². The maximum atomic E-state index is 13.2. The molecule has 2 aromatic carbocycles. The molecule has 2 heterocycles. The van der Waals surface area contributed by atoms with Crippen LogP contribution in [0.2, 0.25) is 0 Å². The summed E-state index contributed by atoms with van der Waals surface area (Å²) in [6.07, 6.45) is 2.93. The largest absolute Gasteiger partial charge is 0.478 e. The van der Waals surface area contributed by atoms with Gasteiger partial charge in [-0.1, -0.05) is 24.3 Å². The average molecular weight is 462 g/mol. The zero-order valence-electron chi connectivity index (χ0n) is 17.4. The molecule has 0 spiro atoms. The van der Waals surface area contributed by atoms with Gasteiger partial charge in [-0.05, 0) is 36.8 Å². The second-order valence-electron chi connectivity index (χ2n) is 6.75. The van der Waals surface area contributed by atoms with Gasteiger partial charge in [-0.15, -0.1) is 11.3 Å². The van der Waals surface area contributed by atoms with Crippen molar-refractivity contribution in [3.63, 3.8) is 0 Å². The summed E-state index contributed by atoms with van der Waals surface area (Å²) in [5, 5.41) is 12.1. The van der Waals surface area contributed by atoms with Crippen molar-refractivity contribution < 1.29 is 19.4 Å². The molecule has 0 atom stereocenters. The number of hydrogen-bond donors (Lipinski definition) is 2. The number of H-pyrrole nitrogens is 1. The van der Waals surface area contributed by atoms with Crippen molar-refractivity contribution in [3.8, 4) is 16.1 Å². The number of aliphatic imine (C=N–C) groups is 1. The third kappa shape index (κ3) is 4.51. The monoisotopic (exact) mass is 462 g/mol. The topological polar surface area (TPSA) is 127 Å². The molecule has 0 fully saturated rings. The van der Waals surface area contributed by atoms with Gasteiger partial charge in [-0.25, -0.2) is 14.3 Å². The highest BCUT2D eigenvalue weighted by Gasteiger charge is 2.21. The average Bonchev–Trinajstić information content (AvgIpc) is 3.47. The molecule has 0 radical (unpaired) electrons. The standard InChI is InChI=1S/C23H18N4O5S/c1-2-32-23(31)20-17(11-25-18-6-4-3-5-16(18)22(29)30)21(28)27(26-20)15-9-7-14(8-10-15)19-12-24-13-33-19/h3-13,26H,2H2,1H3,(H,29,30). The highest BCUT2D eigenvalue weighted by atomic mass is 32.1. The number of rotatable bonds is 7. The Morgan fingerprint density at radius 1 is 1.21 bits per heavy atom. The first-order valence-corrected chi connectivity index (χ1v) is 10.8. The van der Waals surface area contributed by atoms with E-state index in [4.69, 9.17) is 4.74 Å². The Kier molecular flexibility index (Phi) is 6.27. The summed E-state index contributed by atoms with van der Waals surface area (Å²) >= 11 is 1.50. The quantitative estimate of drug-likeness (QED) is 0.317. The van der Waals surface area contributed by atoms with Gasteiger partial charge in [0, 0.05) is 12.4 Å². The summed E-state index contributed by atoms with van der Waals surface area (Å²) in [5.74, 6) is -1.87. The van der Waals surface area contributed by atoms with Crippen molar-refractivity contribution in [1.82, 2.24) is 14.8 Å². The lowest BCUT2D eigenvalue weighted by molar-refractivity contribution is 0.0518. The summed E-state index contributed by atoms with van der Waals surface area (Å²) in [4.78, 5) is 46.3. The van der Waals surface area contributed by atoms with Crippen LogP contribution < -0.4 is 5.56 Å². The van der Waals surface area contributed by atoms with Gasteiger partial charge in [0.2, 0.25) is 0 Å². The fraction of sp³-hybridized carbons (Fsp3) is 0.0870. The lowest BCUT2D eigenvalue weighted by Crippen LogP contribution is -2.17. The number of aromatic amines is 1. The molecule has 0 unspecified atom stereocenters. The number of aromatic carboxylic acids is 1. The van der Waals surface area contributed by atoms with E-state index < -0.39 is 17.5 Å². The summed E-state index contributed by atoms with van der Waals surface area (Å²) < 4.78 is 6.29. The fourth-order valence-electron chi connectivity index (χ4n) is 3.14. The van der Waals surface area contributed by atoms with Crippen LogP contribution in [0.25, 0.3) is 16.1 Å². The van der Waals surface area contributed by atoms with Crippen LogP contribution in [0.5, 0.6) is 0 Å². The summed E-state index contributed by atoms with van der Waals surface area (Å²) in [5.41, 5.74) is 2.66. The number of nitrogens with one attached hydrogen (secondary N) is 1. The third-order valence-electron chi connectivity index (χ3n) is 4.72. The predicted octanol–water partition coefficient (Wildman–Crippen LogP) is 3.91. The van der Waals surface area contributed by atoms with Gasteiger partial charge in [0.1, 0.15) is 0 Å². The van der Waals surface area contributed by atoms with Gasteiger partial charge in [-0.2, -0.15) is 0 Å². The number of benzene rings is 2. The SMILES string of the molecule is CCOC(=O)c1[nH]n(-c2ccc(-c3cncs3)cc2)c(=O)c1C=Nc1ccccc1C(=O)O. The molecule has 166 valence electrons. The number of para-hydroxylation sites is 1. The molecule has 0 aliphatic rings. The van der Waals surface area contributed by atoms with E-state index in [-0.39, 0.29) is 29.1 Å². The van der Waals surface area contributed by atoms with Gasteiger partial charge in [0.05, 0.1) is 39.5 Å². The van der Waals surface area contributed by atoms with Crippen LogP contribution >= 0.6 is 11.3 Å². The summed E-state index contributed by atoms with van der Waals surface area (Å²) in [6, 6.07) is 13.3. The molecule has 2 N–H and O–H groups in total. The summed E-state index contributed by atoms with van der Waals surface area (Å²) in [6.45, 7) is 1.77. The maximum absolute atomic E-state index is 13.2. The van der Waals surface area contributed by atoms with Crippen molar-refractivity contribution in [2.45, 2.75) is 6.92 Å². The van der Waals surface area contributed by atoms with Gasteiger partial charge < -0.3 is 9.84 Å². The first-order valence-electron chi connectivity index (χ1n) is 9.87. The molecule has 4 aromatic rings. The number of aromatic nitrogens is 3. The number of carbonyl (C=O) groups excluding carboxylic acids is 1. The molecule has 0 saturated heterocycles. The molecule has 33 heavy (non-hydrogen) atoms. The molecule has 9 nitrogen and oxygen atoms in total. The number of carbonyl (C=O) groups is 2. The molecular weight excluding hydrogens is 444 g/mol.